The van der Waals surface area contributed by atoms with Crippen molar-refractivity contribution in [3.05, 3.63) is 11.6 Å². The van der Waals surface area contributed by atoms with Crippen molar-refractivity contribution < 1.29 is 38.1 Å². The molecule has 0 saturated heterocycles. The van der Waals surface area contributed by atoms with Gasteiger partial charge in [-0.1, -0.05) is 58.6 Å². The zero-order valence-corrected chi connectivity index (χ0v) is 42.5. The van der Waals surface area contributed by atoms with Crippen LogP contribution in [0.2, 0.25) is 0 Å². The second kappa shape index (κ2) is 24.1. The van der Waals surface area contributed by atoms with Gasteiger partial charge in [0.05, 0.1) is 12.6 Å². The number of rotatable bonds is 22. The van der Waals surface area contributed by atoms with E-state index in [1.54, 1.807) is 4.90 Å². The summed E-state index contributed by atoms with van der Waals surface area (Å²) in [7, 11) is 0. The molecule has 0 aliphatic heterocycles. The van der Waals surface area contributed by atoms with Gasteiger partial charge in [-0.15, -0.1) is 0 Å². The van der Waals surface area contributed by atoms with Gasteiger partial charge in [0.1, 0.15) is 17.3 Å². The van der Waals surface area contributed by atoms with Crippen LogP contribution in [0.4, 0.5) is 14.4 Å². The SMILES string of the molecule is CC(C)CCCCC1CCC2C3CC=C4CC(OC(=O)CN(CCCCN(CCCNC(=O)OC(C)(C)C)C(=O)OC(C)C)CCCNC(=O)OC(C)(C)C)CCC4(C)C3CCC12C. The first-order valence-electron chi connectivity index (χ1n) is 25.5. The normalized spacial score (nSPS) is 26.7. The van der Waals surface area contributed by atoms with Crippen LogP contribution < -0.4 is 10.6 Å². The third-order valence-electron chi connectivity index (χ3n) is 14.8. The number of unbranched alkanes of at least 4 members (excludes halogenated alkanes) is 2. The molecular formula is C52H92N4O8. The predicted octanol–water partition coefficient (Wildman–Crippen LogP) is 11.5. The van der Waals surface area contributed by atoms with Crippen LogP contribution in [0, 0.1) is 40.4 Å². The molecule has 12 nitrogen and oxygen atoms in total. The summed E-state index contributed by atoms with van der Waals surface area (Å²) in [5.74, 6) is 3.82. The van der Waals surface area contributed by atoms with Crippen molar-refractivity contribution in [2.45, 2.75) is 209 Å². The average molecular weight is 901 g/mol. The molecule has 0 aromatic rings. The van der Waals surface area contributed by atoms with Crippen molar-refractivity contribution in [1.29, 1.82) is 0 Å². The van der Waals surface area contributed by atoms with Crippen molar-refractivity contribution in [2.24, 2.45) is 40.4 Å². The van der Waals surface area contributed by atoms with Crippen LogP contribution in [-0.2, 0) is 23.7 Å². The van der Waals surface area contributed by atoms with Crippen molar-refractivity contribution in [3.63, 3.8) is 0 Å². The number of esters is 1. The third kappa shape index (κ3) is 16.7. The van der Waals surface area contributed by atoms with E-state index in [-0.39, 0.29) is 36.2 Å². The monoisotopic (exact) mass is 901 g/mol. The lowest BCUT2D eigenvalue weighted by molar-refractivity contribution is -0.152. The number of hydrogen-bond donors (Lipinski definition) is 2. The van der Waals surface area contributed by atoms with E-state index in [0.29, 0.717) is 63.9 Å². The summed E-state index contributed by atoms with van der Waals surface area (Å²) in [5, 5.41) is 5.61. The lowest BCUT2D eigenvalue weighted by Gasteiger charge is -2.58. The van der Waals surface area contributed by atoms with Crippen molar-refractivity contribution >= 4 is 24.2 Å². The highest BCUT2D eigenvalue weighted by atomic mass is 16.6. The van der Waals surface area contributed by atoms with Gasteiger partial charge in [0, 0.05) is 39.1 Å². The Hall–Kier alpha value is -3.02. The Balaban J connectivity index is 1.31. The highest BCUT2D eigenvalue weighted by Crippen LogP contribution is 2.67. The van der Waals surface area contributed by atoms with Crippen LogP contribution in [0.15, 0.2) is 11.6 Å². The summed E-state index contributed by atoms with van der Waals surface area (Å²) in [4.78, 5) is 55.0. The molecule has 0 aromatic heterocycles. The molecule has 3 amide bonds. The maximum Gasteiger partial charge on any atom is 0.410 e. The van der Waals surface area contributed by atoms with Gasteiger partial charge < -0.3 is 34.5 Å². The lowest BCUT2D eigenvalue weighted by Crippen LogP contribution is -2.50. The summed E-state index contributed by atoms with van der Waals surface area (Å²) >= 11 is 0. The number of carbonyl (C=O) groups is 4. The van der Waals surface area contributed by atoms with Gasteiger partial charge in [0.25, 0.3) is 0 Å². The van der Waals surface area contributed by atoms with Gasteiger partial charge in [-0.25, -0.2) is 14.4 Å². The molecule has 7 unspecified atom stereocenters. The first kappa shape index (κ1) is 53.6. The van der Waals surface area contributed by atoms with Crippen LogP contribution in [-0.4, -0.2) is 103 Å². The molecule has 0 radical (unpaired) electrons. The Morgan fingerprint density at radius 2 is 1.36 bits per heavy atom. The average Bonchev–Trinajstić information content (AvgIpc) is 3.51. The molecule has 64 heavy (non-hydrogen) atoms. The van der Waals surface area contributed by atoms with E-state index in [2.05, 4.69) is 49.3 Å². The minimum atomic E-state index is -0.588. The van der Waals surface area contributed by atoms with Crippen LogP contribution in [0.5, 0.6) is 0 Å². The Bertz CT molecular complexity index is 1540. The number of carbonyl (C=O) groups excluding carboxylic acids is 4. The first-order valence-corrected chi connectivity index (χ1v) is 25.5. The fourth-order valence-corrected chi connectivity index (χ4v) is 11.7. The van der Waals surface area contributed by atoms with Crippen LogP contribution >= 0.6 is 0 Å². The van der Waals surface area contributed by atoms with E-state index < -0.39 is 23.4 Å². The molecule has 0 heterocycles. The molecule has 0 spiro atoms. The van der Waals surface area contributed by atoms with Gasteiger partial charge >= 0.3 is 24.2 Å². The molecule has 7 atom stereocenters. The van der Waals surface area contributed by atoms with E-state index in [1.807, 2.05) is 55.4 Å². The molecule has 4 aliphatic carbocycles. The maximum atomic E-state index is 13.7. The molecule has 3 fully saturated rings. The second-order valence-electron chi connectivity index (χ2n) is 23.1. The number of ether oxygens (including phenoxy) is 4. The number of alkyl carbamates (subject to hydrolysis) is 2. The minimum Gasteiger partial charge on any atom is -0.461 e. The fourth-order valence-electron chi connectivity index (χ4n) is 11.7. The van der Waals surface area contributed by atoms with Crippen LogP contribution in [0.3, 0.4) is 0 Å². The molecule has 2 N–H and O–H groups in total. The highest BCUT2D eigenvalue weighted by Gasteiger charge is 2.58. The van der Waals surface area contributed by atoms with Crippen molar-refractivity contribution in [2.75, 3.05) is 45.8 Å². The minimum absolute atomic E-state index is 0.111. The quantitative estimate of drug-likeness (QED) is 0.0471. The lowest BCUT2D eigenvalue weighted by atomic mass is 9.47. The summed E-state index contributed by atoms with van der Waals surface area (Å²) in [6.45, 7) is 27.6. The van der Waals surface area contributed by atoms with Gasteiger partial charge in [-0.2, -0.15) is 0 Å². The van der Waals surface area contributed by atoms with E-state index >= 15 is 0 Å². The molecule has 3 saturated carbocycles. The number of nitrogens with one attached hydrogen (secondary N) is 2. The van der Waals surface area contributed by atoms with Gasteiger partial charge in [0.15, 0.2) is 0 Å². The Morgan fingerprint density at radius 3 is 1.98 bits per heavy atom. The number of amides is 3. The van der Waals surface area contributed by atoms with Crippen LogP contribution in [0.1, 0.15) is 186 Å². The van der Waals surface area contributed by atoms with Gasteiger partial charge in [-0.05, 0) is 179 Å². The molecule has 12 heteroatoms. The zero-order chi connectivity index (χ0) is 47.3. The smallest absolute Gasteiger partial charge is 0.410 e. The van der Waals surface area contributed by atoms with Gasteiger partial charge in [0.2, 0.25) is 0 Å². The molecular weight excluding hydrogens is 809 g/mol. The number of nitrogens with zero attached hydrogens (tertiary/aromatic N) is 2. The van der Waals surface area contributed by atoms with E-state index in [1.165, 1.54) is 63.4 Å². The molecule has 4 aliphatic rings. The maximum absolute atomic E-state index is 13.7. The number of allylic oxidation sites excluding steroid dienone is 1. The number of fused-ring (bicyclic) bond motifs is 5. The predicted molar refractivity (Wildman–Crippen MR) is 255 cm³/mol. The van der Waals surface area contributed by atoms with E-state index in [4.69, 9.17) is 18.9 Å². The van der Waals surface area contributed by atoms with Gasteiger partial charge in [-0.3, -0.25) is 9.69 Å². The second-order valence-corrected chi connectivity index (χ2v) is 23.1. The molecule has 0 aromatic carbocycles. The summed E-state index contributed by atoms with van der Waals surface area (Å²) in [6.07, 6.45) is 18.5. The number of hydrogen-bond acceptors (Lipinski definition) is 9. The van der Waals surface area contributed by atoms with Crippen molar-refractivity contribution in [1.82, 2.24) is 20.4 Å². The molecule has 4 rings (SSSR count). The molecule has 0 bridgehead atoms. The standard InChI is InChI=1S/C52H92N4O8/c1-37(2)19-13-14-20-39-22-24-43-42-23-21-40-35-41(25-27-52(40,12)44(42)26-28-51(39,43)11)62-45(57)36-55(32-17-29-53-46(58)63-49(5,6)7)31-15-16-33-56(48(60)61-38(3)4)34-18-30-54-47(59)64-50(8,9)10/h21,37-39,41-44H,13-20,22-36H2,1-12H3,(H,53,58)(H,54,59). The first-order chi connectivity index (χ1) is 30.0. The Labute approximate surface area is 388 Å². The highest BCUT2D eigenvalue weighted by molar-refractivity contribution is 5.72. The fraction of sp³-hybridized carbons (Fsp3) is 0.885. The Morgan fingerprint density at radius 1 is 0.750 bits per heavy atom. The topological polar surface area (TPSA) is 136 Å². The van der Waals surface area contributed by atoms with E-state index in [9.17, 15) is 19.2 Å². The Kier molecular flexibility index (Phi) is 20.2. The zero-order valence-electron chi connectivity index (χ0n) is 42.5. The molecule has 368 valence electrons. The largest absolute Gasteiger partial charge is 0.461 e. The summed E-state index contributed by atoms with van der Waals surface area (Å²) < 4.78 is 22.6. The summed E-state index contributed by atoms with van der Waals surface area (Å²) in [6, 6.07) is 0. The van der Waals surface area contributed by atoms with Crippen LogP contribution in [0.25, 0.3) is 0 Å². The van der Waals surface area contributed by atoms with E-state index in [0.717, 1.165) is 55.3 Å². The van der Waals surface area contributed by atoms with Crippen molar-refractivity contribution in [3.8, 4) is 0 Å². The third-order valence-corrected chi connectivity index (χ3v) is 14.8. The summed E-state index contributed by atoms with van der Waals surface area (Å²) in [5.41, 5.74) is 1.04.